The molecule has 36 heavy (non-hydrogen) atoms. The molecular formula is C23H19ClN4O6S2. The van der Waals surface area contributed by atoms with Gasteiger partial charge in [-0.3, -0.25) is 10.1 Å². The van der Waals surface area contributed by atoms with Crippen molar-refractivity contribution in [2.45, 2.75) is 24.3 Å². The highest BCUT2D eigenvalue weighted by molar-refractivity contribution is 7.91. The Kier molecular flexibility index (Phi) is 8.41. The number of anilines is 1. The van der Waals surface area contributed by atoms with E-state index in [2.05, 4.69) is 14.7 Å². The third-order valence-corrected chi connectivity index (χ3v) is 7.59. The van der Waals surface area contributed by atoms with Gasteiger partial charge in [0.25, 0.3) is 11.1 Å². The van der Waals surface area contributed by atoms with E-state index in [1.807, 2.05) is 0 Å². The lowest BCUT2D eigenvalue weighted by Crippen LogP contribution is -2.16. The van der Waals surface area contributed by atoms with Gasteiger partial charge in [-0.05, 0) is 49.8 Å². The van der Waals surface area contributed by atoms with Crippen molar-refractivity contribution in [1.82, 2.24) is 9.36 Å². The molecule has 0 unspecified atom stereocenters. The number of sulfone groups is 1. The van der Waals surface area contributed by atoms with Crippen LogP contribution in [0.1, 0.15) is 29.8 Å². The summed E-state index contributed by atoms with van der Waals surface area (Å²) in [5, 5.41) is 10.6. The average molecular weight is 547 g/mol. The van der Waals surface area contributed by atoms with Crippen LogP contribution in [-0.2, 0) is 14.6 Å². The van der Waals surface area contributed by atoms with Gasteiger partial charge in [0.15, 0.2) is 11.5 Å². The summed E-state index contributed by atoms with van der Waals surface area (Å²) in [7, 11) is -2.37. The van der Waals surface area contributed by atoms with Crippen molar-refractivity contribution in [3.8, 4) is 17.6 Å². The summed E-state index contributed by atoms with van der Waals surface area (Å²) in [6.07, 6.45) is 1.24. The molecule has 0 spiro atoms. The summed E-state index contributed by atoms with van der Waals surface area (Å²) in [4.78, 5) is 28.9. The highest BCUT2D eigenvalue weighted by Crippen LogP contribution is 2.37. The predicted molar refractivity (Wildman–Crippen MR) is 134 cm³/mol. The first-order chi connectivity index (χ1) is 17.1. The molecule has 0 fully saturated rings. The van der Waals surface area contributed by atoms with Crippen LogP contribution in [0.4, 0.5) is 5.13 Å². The molecule has 0 atom stereocenters. The van der Waals surface area contributed by atoms with Gasteiger partial charge in [0.05, 0.1) is 22.9 Å². The maximum absolute atomic E-state index is 12.6. The molecule has 3 rings (SSSR count). The van der Waals surface area contributed by atoms with Crippen molar-refractivity contribution >= 4 is 56.1 Å². The second kappa shape index (κ2) is 11.3. The van der Waals surface area contributed by atoms with Crippen molar-refractivity contribution in [3.05, 3.63) is 64.2 Å². The molecule has 1 aromatic heterocycles. The van der Waals surface area contributed by atoms with Gasteiger partial charge in [0.1, 0.15) is 11.6 Å². The van der Waals surface area contributed by atoms with E-state index in [1.165, 1.54) is 39.2 Å². The van der Waals surface area contributed by atoms with Gasteiger partial charge in [-0.15, -0.1) is 0 Å². The Morgan fingerprint density at radius 1 is 1.22 bits per heavy atom. The topological polar surface area (TPSA) is 148 Å². The monoisotopic (exact) mass is 546 g/mol. The van der Waals surface area contributed by atoms with E-state index in [4.69, 9.17) is 21.1 Å². The second-order valence-electron chi connectivity index (χ2n) is 7.39. The largest absolute Gasteiger partial charge is 0.493 e. The number of benzene rings is 2. The summed E-state index contributed by atoms with van der Waals surface area (Å²) in [5.74, 6) is -1.41. The minimum atomic E-state index is -3.72. The zero-order chi connectivity index (χ0) is 26.5. The Labute approximate surface area is 216 Å². The van der Waals surface area contributed by atoms with Crippen LogP contribution in [0.25, 0.3) is 6.08 Å². The molecule has 0 aliphatic carbocycles. The Balaban J connectivity index is 1.84. The smallest absolute Gasteiger partial charge is 0.343 e. The summed E-state index contributed by atoms with van der Waals surface area (Å²) >= 11 is 6.98. The number of nitriles is 1. The number of hydrogen-bond donors (Lipinski definition) is 1. The van der Waals surface area contributed by atoms with Gasteiger partial charge in [0, 0.05) is 11.5 Å². The number of carbonyl (C=O) groups is 2. The van der Waals surface area contributed by atoms with Gasteiger partial charge in [-0.25, -0.2) is 13.2 Å². The van der Waals surface area contributed by atoms with E-state index in [1.54, 1.807) is 36.4 Å². The second-order valence-corrected chi connectivity index (χ2v) is 10.9. The van der Waals surface area contributed by atoms with Crippen molar-refractivity contribution in [2.24, 2.45) is 0 Å². The summed E-state index contributed by atoms with van der Waals surface area (Å²) in [6.45, 7) is 2.97. The van der Waals surface area contributed by atoms with Crippen LogP contribution in [0.3, 0.4) is 0 Å². The zero-order valence-electron chi connectivity index (χ0n) is 19.2. The van der Waals surface area contributed by atoms with Gasteiger partial charge in [-0.1, -0.05) is 29.8 Å². The first kappa shape index (κ1) is 26.8. The number of ether oxygens (including phenoxy) is 2. The lowest BCUT2D eigenvalue weighted by molar-refractivity contribution is -0.112. The van der Waals surface area contributed by atoms with Gasteiger partial charge >= 0.3 is 5.97 Å². The SMILES string of the molecule is COc1cc(/C=C(/C#N)C(=O)Nc2nc(S(=O)(=O)C(C)C)ns2)cc(Cl)c1OC(=O)c1ccccc1. The number of amides is 1. The van der Waals surface area contributed by atoms with Gasteiger partial charge in [-0.2, -0.15) is 14.6 Å². The quantitative estimate of drug-likeness (QED) is 0.190. The summed E-state index contributed by atoms with van der Waals surface area (Å²) < 4.78 is 38.8. The molecule has 0 aliphatic heterocycles. The number of halogens is 1. The number of nitrogens with zero attached hydrogens (tertiary/aromatic N) is 3. The minimum absolute atomic E-state index is 0.00948. The maximum atomic E-state index is 12.6. The zero-order valence-corrected chi connectivity index (χ0v) is 21.6. The number of nitrogens with one attached hydrogen (secondary N) is 1. The van der Waals surface area contributed by atoms with Crippen LogP contribution in [0.2, 0.25) is 5.02 Å². The number of rotatable bonds is 8. The van der Waals surface area contributed by atoms with Gasteiger partial charge < -0.3 is 9.47 Å². The molecule has 186 valence electrons. The molecule has 1 N–H and O–H groups in total. The molecule has 0 radical (unpaired) electrons. The van der Waals surface area contributed by atoms with Crippen molar-refractivity contribution < 1.29 is 27.5 Å². The Hall–Kier alpha value is -3.79. The highest BCUT2D eigenvalue weighted by Gasteiger charge is 2.25. The molecular weight excluding hydrogens is 528 g/mol. The van der Waals surface area contributed by atoms with Crippen LogP contribution in [0.5, 0.6) is 11.5 Å². The summed E-state index contributed by atoms with van der Waals surface area (Å²) in [6, 6.07) is 12.9. The average Bonchev–Trinajstić information content (AvgIpc) is 3.33. The lowest BCUT2D eigenvalue weighted by atomic mass is 10.1. The van der Waals surface area contributed by atoms with Crippen LogP contribution in [-0.4, -0.2) is 42.0 Å². The number of aromatic nitrogens is 2. The fourth-order valence-corrected chi connectivity index (χ4v) is 4.67. The van der Waals surface area contributed by atoms with Crippen molar-refractivity contribution in [1.29, 1.82) is 5.26 Å². The normalized spacial score (nSPS) is 11.6. The highest BCUT2D eigenvalue weighted by atomic mass is 35.5. The molecule has 10 nitrogen and oxygen atoms in total. The molecule has 0 aliphatic rings. The molecule has 0 saturated heterocycles. The van der Waals surface area contributed by atoms with E-state index < -0.39 is 32.1 Å². The molecule has 0 saturated carbocycles. The third-order valence-electron chi connectivity index (χ3n) is 4.64. The molecule has 2 aromatic carbocycles. The number of carbonyl (C=O) groups excluding carboxylic acids is 2. The standard InChI is InChI=1S/C23H19ClN4O6S2/c1-13(2)36(31,32)23-27-22(35-28-23)26-20(29)16(12-25)9-14-10-17(24)19(18(11-14)33-3)34-21(30)15-7-5-4-6-8-15/h4-11,13H,1-3H3,(H,26,27,28,29)/b16-9-. The lowest BCUT2D eigenvalue weighted by Gasteiger charge is -2.12. The number of hydrogen-bond acceptors (Lipinski definition) is 10. The van der Waals surface area contributed by atoms with E-state index in [9.17, 15) is 23.3 Å². The number of methoxy groups -OCH3 is 1. The first-order valence-electron chi connectivity index (χ1n) is 10.2. The van der Waals surface area contributed by atoms with Gasteiger partial charge in [0.2, 0.25) is 15.0 Å². The fourth-order valence-electron chi connectivity index (χ4n) is 2.71. The van der Waals surface area contributed by atoms with E-state index in [-0.39, 0.29) is 27.2 Å². The maximum Gasteiger partial charge on any atom is 0.343 e. The molecule has 13 heteroatoms. The van der Waals surface area contributed by atoms with Crippen LogP contribution in [0.15, 0.2) is 53.2 Å². The first-order valence-corrected chi connectivity index (χ1v) is 12.9. The van der Waals surface area contributed by atoms with Crippen molar-refractivity contribution in [2.75, 3.05) is 12.4 Å². The molecule has 1 heterocycles. The third kappa shape index (κ3) is 6.06. The molecule has 3 aromatic rings. The summed E-state index contributed by atoms with van der Waals surface area (Å²) in [5.41, 5.74) is 0.290. The Bertz CT molecular complexity index is 1480. The number of esters is 1. The van der Waals surface area contributed by atoms with E-state index >= 15 is 0 Å². The van der Waals surface area contributed by atoms with Crippen LogP contribution < -0.4 is 14.8 Å². The Morgan fingerprint density at radius 2 is 1.92 bits per heavy atom. The van der Waals surface area contributed by atoms with Crippen molar-refractivity contribution in [3.63, 3.8) is 0 Å². The molecule has 0 bridgehead atoms. The van der Waals surface area contributed by atoms with E-state index in [0.29, 0.717) is 22.7 Å². The van der Waals surface area contributed by atoms with Crippen LogP contribution >= 0.6 is 23.1 Å². The fraction of sp³-hybridized carbons (Fsp3) is 0.174. The Morgan fingerprint density at radius 3 is 2.53 bits per heavy atom. The van der Waals surface area contributed by atoms with Crippen LogP contribution in [0, 0.1) is 11.3 Å². The van der Waals surface area contributed by atoms with E-state index in [0.717, 1.165) is 0 Å². The predicted octanol–water partition coefficient (Wildman–Crippen LogP) is 4.15. The molecule has 1 amide bonds. The minimum Gasteiger partial charge on any atom is -0.493 e.